The zero-order valence-electron chi connectivity index (χ0n) is 8.23. The number of nitrogens with zero attached hydrogens (tertiary/aromatic N) is 1. The summed E-state index contributed by atoms with van der Waals surface area (Å²) in [7, 11) is 0. The molecule has 1 atom stereocenters. The molecule has 0 aliphatic rings. The number of benzene rings is 1. The van der Waals surface area contributed by atoms with E-state index in [1.54, 1.807) is 17.8 Å². The summed E-state index contributed by atoms with van der Waals surface area (Å²) >= 11 is 4.73. The first kappa shape index (κ1) is 11.7. The molecule has 1 aromatic carbocycles. The van der Waals surface area contributed by atoms with Gasteiger partial charge in [0.25, 0.3) is 0 Å². The first-order valence-corrected chi connectivity index (χ1v) is 6.34. The van der Waals surface area contributed by atoms with Crippen LogP contribution in [0.5, 0.6) is 0 Å². The van der Waals surface area contributed by atoms with Crippen LogP contribution in [0.15, 0.2) is 34.4 Å². The minimum absolute atomic E-state index is 0.319. The molecule has 2 aromatic rings. The summed E-state index contributed by atoms with van der Waals surface area (Å²) in [4.78, 5) is 4.94. The van der Waals surface area contributed by atoms with E-state index < -0.39 is 6.10 Å². The highest BCUT2D eigenvalue weighted by Gasteiger charge is 2.13. The molecule has 84 valence electrons. The zero-order valence-corrected chi connectivity index (χ0v) is 10.6. The van der Waals surface area contributed by atoms with Crippen molar-refractivity contribution in [3.05, 3.63) is 50.6 Å². The lowest BCUT2D eigenvalue weighted by atomic mass is 10.1. The molecule has 1 heterocycles. The number of thiazole rings is 1. The Hall–Kier alpha value is -0.780. The zero-order chi connectivity index (χ0) is 11.5. The summed E-state index contributed by atoms with van der Waals surface area (Å²) in [5.41, 5.74) is 2.41. The second-order valence-electron chi connectivity index (χ2n) is 3.35. The maximum atomic E-state index is 12.9. The highest BCUT2D eigenvalue weighted by molar-refractivity contribution is 9.10. The second kappa shape index (κ2) is 5.03. The van der Waals surface area contributed by atoms with E-state index in [1.807, 2.05) is 0 Å². The van der Waals surface area contributed by atoms with Crippen LogP contribution in [0.4, 0.5) is 4.39 Å². The van der Waals surface area contributed by atoms with Crippen molar-refractivity contribution in [3.8, 4) is 0 Å². The molecule has 0 radical (unpaired) electrons. The van der Waals surface area contributed by atoms with Gasteiger partial charge in [-0.2, -0.15) is 0 Å². The normalized spacial score (nSPS) is 12.7. The molecule has 16 heavy (non-hydrogen) atoms. The number of hydrogen-bond donors (Lipinski definition) is 1. The van der Waals surface area contributed by atoms with E-state index in [0.29, 0.717) is 16.5 Å². The topological polar surface area (TPSA) is 33.1 Å². The lowest BCUT2D eigenvalue weighted by molar-refractivity contribution is 0.178. The largest absolute Gasteiger partial charge is 0.388 e. The summed E-state index contributed by atoms with van der Waals surface area (Å²) in [6, 6.07) is 4.28. The molecule has 0 spiro atoms. The standard InChI is InChI=1S/C11H9BrFNOS/c12-10-3-7(13)1-2-9(10)11(15)4-8-5-14-6-16-8/h1-3,5-6,11,15H,4H2. The second-order valence-corrected chi connectivity index (χ2v) is 5.18. The summed E-state index contributed by atoms with van der Waals surface area (Å²) in [5.74, 6) is -0.319. The summed E-state index contributed by atoms with van der Waals surface area (Å²) in [5, 5.41) is 9.99. The number of aliphatic hydroxyl groups excluding tert-OH is 1. The van der Waals surface area contributed by atoms with Crippen LogP contribution in [0.3, 0.4) is 0 Å². The number of hydrogen-bond acceptors (Lipinski definition) is 3. The van der Waals surface area contributed by atoms with Crippen LogP contribution in [-0.2, 0) is 6.42 Å². The molecule has 1 aromatic heterocycles. The van der Waals surface area contributed by atoms with Crippen molar-refractivity contribution in [2.75, 3.05) is 0 Å². The van der Waals surface area contributed by atoms with Crippen molar-refractivity contribution >= 4 is 27.3 Å². The Morgan fingerprint density at radius 1 is 1.50 bits per heavy atom. The van der Waals surface area contributed by atoms with E-state index in [1.165, 1.54) is 23.5 Å². The molecule has 0 amide bonds. The number of aliphatic hydroxyl groups is 1. The Morgan fingerprint density at radius 3 is 2.94 bits per heavy atom. The molecule has 0 fully saturated rings. The molecule has 5 heteroatoms. The lowest BCUT2D eigenvalue weighted by Gasteiger charge is -2.11. The summed E-state index contributed by atoms with van der Waals surface area (Å²) in [6.45, 7) is 0. The van der Waals surface area contributed by atoms with Gasteiger partial charge in [-0.3, -0.25) is 4.98 Å². The van der Waals surface area contributed by atoms with Crippen LogP contribution in [0.25, 0.3) is 0 Å². The summed E-state index contributed by atoms with van der Waals surface area (Å²) < 4.78 is 13.5. The van der Waals surface area contributed by atoms with E-state index in [9.17, 15) is 9.50 Å². The average Bonchev–Trinajstić information content (AvgIpc) is 2.70. The summed E-state index contributed by atoms with van der Waals surface area (Å²) in [6.07, 6.45) is 1.58. The lowest BCUT2D eigenvalue weighted by Crippen LogP contribution is -2.01. The van der Waals surface area contributed by atoms with Gasteiger partial charge in [0.1, 0.15) is 5.82 Å². The van der Waals surface area contributed by atoms with Crippen LogP contribution >= 0.6 is 27.3 Å². The van der Waals surface area contributed by atoms with Gasteiger partial charge in [0.15, 0.2) is 0 Å². The minimum atomic E-state index is -0.643. The Morgan fingerprint density at radius 2 is 2.31 bits per heavy atom. The predicted molar refractivity (Wildman–Crippen MR) is 64.9 cm³/mol. The fourth-order valence-corrected chi connectivity index (χ4v) is 2.66. The smallest absolute Gasteiger partial charge is 0.124 e. The van der Waals surface area contributed by atoms with Crippen LogP contribution < -0.4 is 0 Å². The van der Waals surface area contributed by atoms with Gasteiger partial charge in [-0.25, -0.2) is 4.39 Å². The Balaban J connectivity index is 2.17. The van der Waals surface area contributed by atoms with Gasteiger partial charge in [0, 0.05) is 22.0 Å². The molecule has 0 saturated carbocycles. The molecular formula is C11H9BrFNOS. The van der Waals surface area contributed by atoms with Gasteiger partial charge in [0.05, 0.1) is 11.6 Å². The van der Waals surface area contributed by atoms with Gasteiger partial charge < -0.3 is 5.11 Å². The van der Waals surface area contributed by atoms with Crippen molar-refractivity contribution in [3.63, 3.8) is 0 Å². The van der Waals surface area contributed by atoms with E-state index in [0.717, 1.165) is 4.88 Å². The first-order valence-electron chi connectivity index (χ1n) is 4.67. The van der Waals surface area contributed by atoms with Crippen molar-refractivity contribution in [2.45, 2.75) is 12.5 Å². The molecule has 2 nitrogen and oxygen atoms in total. The maximum Gasteiger partial charge on any atom is 0.124 e. The van der Waals surface area contributed by atoms with Crippen LogP contribution in [0, 0.1) is 5.82 Å². The fourth-order valence-electron chi connectivity index (χ4n) is 1.42. The van der Waals surface area contributed by atoms with E-state index >= 15 is 0 Å². The van der Waals surface area contributed by atoms with Gasteiger partial charge in [-0.15, -0.1) is 11.3 Å². The third kappa shape index (κ3) is 2.66. The van der Waals surface area contributed by atoms with E-state index in [4.69, 9.17) is 0 Å². The van der Waals surface area contributed by atoms with Crippen LogP contribution in [0.1, 0.15) is 16.5 Å². The Labute approximate surface area is 105 Å². The van der Waals surface area contributed by atoms with Crippen molar-refractivity contribution < 1.29 is 9.50 Å². The van der Waals surface area contributed by atoms with Crippen LogP contribution in [-0.4, -0.2) is 10.1 Å². The Kier molecular flexibility index (Phi) is 3.68. The predicted octanol–water partition coefficient (Wildman–Crippen LogP) is 3.32. The molecule has 0 aliphatic carbocycles. The Bertz CT molecular complexity index is 475. The van der Waals surface area contributed by atoms with Crippen molar-refractivity contribution in [2.24, 2.45) is 0 Å². The third-order valence-electron chi connectivity index (χ3n) is 2.20. The first-order chi connectivity index (χ1) is 7.66. The SMILES string of the molecule is OC(Cc1cncs1)c1ccc(F)cc1Br. The minimum Gasteiger partial charge on any atom is -0.388 e. The molecule has 0 bridgehead atoms. The fraction of sp³-hybridized carbons (Fsp3) is 0.182. The quantitative estimate of drug-likeness (QED) is 0.943. The molecule has 1 N–H and O–H groups in total. The average molecular weight is 302 g/mol. The highest BCUT2D eigenvalue weighted by Crippen LogP contribution is 2.27. The van der Waals surface area contributed by atoms with Gasteiger partial charge in [-0.05, 0) is 17.7 Å². The maximum absolute atomic E-state index is 12.9. The third-order valence-corrected chi connectivity index (χ3v) is 3.69. The van der Waals surface area contributed by atoms with E-state index in [-0.39, 0.29) is 5.82 Å². The van der Waals surface area contributed by atoms with Crippen molar-refractivity contribution in [1.82, 2.24) is 4.98 Å². The van der Waals surface area contributed by atoms with E-state index in [2.05, 4.69) is 20.9 Å². The number of halogens is 2. The molecule has 2 rings (SSSR count). The number of aromatic nitrogens is 1. The molecule has 1 unspecified atom stereocenters. The van der Waals surface area contributed by atoms with Gasteiger partial charge in [-0.1, -0.05) is 22.0 Å². The monoisotopic (exact) mass is 301 g/mol. The van der Waals surface area contributed by atoms with Crippen LogP contribution in [0.2, 0.25) is 0 Å². The highest BCUT2D eigenvalue weighted by atomic mass is 79.9. The molecule has 0 saturated heterocycles. The molecular weight excluding hydrogens is 293 g/mol. The molecule has 0 aliphatic heterocycles. The van der Waals surface area contributed by atoms with Crippen molar-refractivity contribution in [1.29, 1.82) is 0 Å². The van der Waals surface area contributed by atoms with Gasteiger partial charge >= 0.3 is 0 Å². The number of rotatable bonds is 3. The van der Waals surface area contributed by atoms with Gasteiger partial charge in [0.2, 0.25) is 0 Å².